The zero-order valence-electron chi connectivity index (χ0n) is 12.3. The molecule has 1 aliphatic rings. The summed E-state index contributed by atoms with van der Waals surface area (Å²) in [4.78, 5) is 0. The monoisotopic (exact) mass is 272 g/mol. The lowest BCUT2D eigenvalue weighted by atomic mass is 9.58. The van der Waals surface area contributed by atoms with E-state index in [-0.39, 0.29) is 10.8 Å². The third kappa shape index (κ3) is 2.87. The molecule has 1 aromatic carbocycles. The molecule has 0 saturated carbocycles. The molecule has 2 N–H and O–H groups in total. The Morgan fingerprint density at radius 1 is 1.00 bits per heavy atom. The number of rotatable bonds is 5. The van der Waals surface area contributed by atoms with Gasteiger partial charge in [-0.2, -0.15) is 0 Å². The van der Waals surface area contributed by atoms with E-state index in [1.807, 2.05) is 6.07 Å². The molecule has 2 unspecified atom stereocenters. The average molecular weight is 272 g/mol. The highest BCUT2D eigenvalue weighted by Gasteiger charge is 2.42. The van der Waals surface area contributed by atoms with Crippen LogP contribution in [0, 0.1) is 5.41 Å². The predicted molar refractivity (Wildman–Crippen MR) is 82.3 cm³/mol. The first-order valence-electron chi connectivity index (χ1n) is 7.27. The van der Waals surface area contributed by atoms with Crippen LogP contribution in [0.5, 0.6) is 0 Å². The molecule has 0 spiro atoms. The molecule has 0 amide bonds. The molecule has 0 aliphatic heterocycles. The molecule has 0 heterocycles. The van der Waals surface area contributed by atoms with Crippen LogP contribution in [0.3, 0.4) is 0 Å². The second-order valence-corrected chi connectivity index (χ2v) is 6.08. The van der Waals surface area contributed by atoms with E-state index in [1.54, 1.807) is 0 Å². The lowest BCUT2D eigenvalue weighted by Gasteiger charge is -2.45. The zero-order chi connectivity index (χ0) is 14.6. The van der Waals surface area contributed by atoms with Crippen LogP contribution in [0.15, 0.2) is 54.6 Å². The molecule has 0 fully saturated rings. The van der Waals surface area contributed by atoms with Crippen molar-refractivity contribution >= 4 is 0 Å². The summed E-state index contributed by atoms with van der Waals surface area (Å²) in [6.07, 6.45) is 9.67. The van der Waals surface area contributed by atoms with Crippen LogP contribution in [-0.4, -0.2) is 16.5 Å². The summed E-state index contributed by atoms with van der Waals surface area (Å²) < 4.78 is 0. The molecule has 1 aromatic rings. The molecule has 0 bridgehead atoms. The first-order chi connectivity index (χ1) is 9.48. The van der Waals surface area contributed by atoms with Crippen molar-refractivity contribution in [3.05, 3.63) is 60.2 Å². The summed E-state index contributed by atoms with van der Waals surface area (Å²) in [5.41, 5.74) is 1.22. The predicted octanol–water partition coefficient (Wildman–Crippen LogP) is 3.56. The molecule has 2 nitrogen and oxygen atoms in total. The molecule has 1 aliphatic carbocycles. The highest BCUT2D eigenvalue weighted by Crippen LogP contribution is 2.49. The summed E-state index contributed by atoms with van der Waals surface area (Å²) in [6, 6.07) is 10.5. The van der Waals surface area contributed by atoms with Gasteiger partial charge in [-0.3, -0.25) is 0 Å². The van der Waals surface area contributed by atoms with Crippen molar-refractivity contribution in [3.63, 3.8) is 0 Å². The molecule has 0 saturated heterocycles. The van der Waals surface area contributed by atoms with Gasteiger partial charge in [0.2, 0.25) is 0 Å². The van der Waals surface area contributed by atoms with Crippen molar-refractivity contribution in [2.45, 2.75) is 44.8 Å². The summed E-state index contributed by atoms with van der Waals surface area (Å²) in [6.45, 7) is 4.52. The second kappa shape index (κ2) is 5.94. The van der Waals surface area contributed by atoms with Gasteiger partial charge in [0.05, 0.1) is 0 Å². The molecule has 0 aromatic heterocycles. The molecular formula is C18H24O2. The van der Waals surface area contributed by atoms with Gasteiger partial charge in [0.15, 0.2) is 6.29 Å². The third-order valence-electron chi connectivity index (χ3n) is 4.72. The SMILES string of the molecule is CC1(CCCC(O)O)C=CC=CC1(C)c1ccccc1. The first kappa shape index (κ1) is 15.0. The van der Waals surface area contributed by atoms with Gasteiger partial charge in [-0.05, 0) is 30.2 Å². The largest absolute Gasteiger partial charge is 0.368 e. The Bertz CT molecular complexity index is 489. The van der Waals surface area contributed by atoms with E-state index >= 15 is 0 Å². The van der Waals surface area contributed by atoms with E-state index in [4.69, 9.17) is 10.2 Å². The van der Waals surface area contributed by atoms with Crippen LogP contribution in [0.4, 0.5) is 0 Å². The van der Waals surface area contributed by atoms with Gasteiger partial charge in [0, 0.05) is 5.41 Å². The maximum Gasteiger partial charge on any atom is 0.151 e. The van der Waals surface area contributed by atoms with Gasteiger partial charge in [0.1, 0.15) is 0 Å². The number of aliphatic hydroxyl groups excluding tert-OH is 1. The fourth-order valence-corrected chi connectivity index (χ4v) is 3.08. The highest BCUT2D eigenvalue weighted by molar-refractivity contribution is 5.39. The van der Waals surface area contributed by atoms with Gasteiger partial charge in [-0.1, -0.05) is 68.5 Å². The van der Waals surface area contributed by atoms with Gasteiger partial charge in [-0.25, -0.2) is 0 Å². The summed E-state index contributed by atoms with van der Waals surface area (Å²) in [7, 11) is 0. The standard InChI is InChI=1S/C18H24O2/c1-17(13-8-11-16(19)20)12-6-7-14-18(17,2)15-9-4-3-5-10-15/h3-7,9-10,12,14,16,19-20H,8,11,13H2,1-2H3. The van der Waals surface area contributed by atoms with Crippen LogP contribution < -0.4 is 0 Å². The Morgan fingerprint density at radius 3 is 2.30 bits per heavy atom. The van der Waals surface area contributed by atoms with Crippen molar-refractivity contribution < 1.29 is 10.2 Å². The summed E-state index contributed by atoms with van der Waals surface area (Å²) in [5, 5.41) is 18.1. The van der Waals surface area contributed by atoms with Crippen molar-refractivity contribution in [1.82, 2.24) is 0 Å². The Hall–Kier alpha value is -1.38. The molecule has 2 rings (SSSR count). The van der Waals surface area contributed by atoms with Crippen LogP contribution in [0.25, 0.3) is 0 Å². The molecular weight excluding hydrogens is 248 g/mol. The molecule has 0 radical (unpaired) electrons. The van der Waals surface area contributed by atoms with E-state index in [9.17, 15) is 0 Å². The highest BCUT2D eigenvalue weighted by atomic mass is 16.5. The molecule has 2 heteroatoms. The molecule has 2 atom stereocenters. The average Bonchev–Trinajstić information content (AvgIpc) is 2.43. The number of allylic oxidation sites excluding steroid dienone is 4. The van der Waals surface area contributed by atoms with Crippen LogP contribution in [0.1, 0.15) is 38.7 Å². The maximum atomic E-state index is 9.04. The fraction of sp³-hybridized carbons (Fsp3) is 0.444. The minimum atomic E-state index is -1.20. The van der Waals surface area contributed by atoms with E-state index in [0.717, 1.165) is 12.8 Å². The number of hydrogen-bond donors (Lipinski definition) is 2. The van der Waals surface area contributed by atoms with Gasteiger partial charge in [0.25, 0.3) is 0 Å². The Balaban J connectivity index is 2.25. The van der Waals surface area contributed by atoms with E-state index < -0.39 is 6.29 Å². The summed E-state index contributed by atoms with van der Waals surface area (Å²) in [5.74, 6) is 0. The van der Waals surface area contributed by atoms with E-state index in [1.165, 1.54) is 5.56 Å². The smallest absolute Gasteiger partial charge is 0.151 e. The summed E-state index contributed by atoms with van der Waals surface area (Å²) >= 11 is 0. The van der Waals surface area contributed by atoms with E-state index in [0.29, 0.717) is 6.42 Å². The van der Waals surface area contributed by atoms with E-state index in [2.05, 4.69) is 62.4 Å². The second-order valence-electron chi connectivity index (χ2n) is 6.08. The lowest BCUT2D eigenvalue weighted by molar-refractivity contribution is -0.0481. The number of benzene rings is 1. The van der Waals surface area contributed by atoms with Gasteiger partial charge in [-0.15, -0.1) is 0 Å². The number of aliphatic hydroxyl groups is 2. The van der Waals surface area contributed by atoms with Crippen LogP contribution in [0.2, 0.25) is 0 Å². The van der Waals surface area contributed by atoms with Crippen LogP contribution >= 0.6 is 0 Å². The van der Waals surface area contributed by atoms with Gasteiger partial charge < -0.3 is 10.2 Å². The normalized spacial score (nSPS) is 29.1. The Labute approximate surface area is 121 Å². The molecule has 108 valence electrons. The fourth-order valence-electron chi connectivity index (χ4n) is 3.08. The van der Waals surface area contributed by atoms with Crippen molar-refractivity contribution in [1.29, 1.82) is 0 Å². The zero-order valence-corrected chi connectivity index (χ0v) is 12.3. The number of hydrogen-bond acceptors (Lipinski definition) is 2. The minimum absolute atomic E-state index is 0.0159. The Morgan fingerprint density at radius 2 is 1.65 bits per heavy atom. The van der Waals surface area contributed by atoms with Crippen molar-refractivity contribution in [3.8, 4) is 0 Å². The topological polar surface area (TPSA) is 40.5 Å². The van der Waals surface area contributed by atoms with Crippen molar-refractivity contribution in [2.24, 2.45) is 5.41 Å². The minimum Gasteiger partial charge on any atom is -0.368 e. The van der Waals surface area contributed by atoms with Crippen LogP contribution in [-0.2, 0) is 5.41 Å². The van der Waals surface area contributed by atoms with Gasteiger partial charge >= 0.3 is 0 Å². The maximum absolute atomic E-state index is 9.04. The first-order valence-corrected chi connectivity index (χ1v) is 7.27. The van der Waals surface area contributed by atoms with Crippen molar-refractivity contribution in [2.75, 3.05) is 0 Å². The third-order valence-corrected chi connectivity index (χ3v) is 4.72. The molecule has 20 heavy (non-hydrogen) atoms. The lowest BCUT2D eigenvalue weighted by Crippen LogP contribution is -2.40. The Kier molecular flexibility index (Phi) is 4.46. The quantitative estimate of drug-likeness (QED) is 0.805.